The van der Waals surface area contributed by atoms with Crippen LogP contribution in [0, 0.1) is 0 Å². The smallest absolute Gasteiger partial charge is 0.462 e. The van der Waals surface area contributed by atoms with Gasteiger partial charge in [-0.3, -0.25) is 18.6 Å². The van der Waals surface area contributed by atoms with Crippen molar-refractivity contribution >= 4 is 19.8 Å². The number of nitrogens with two attached hydrogens (primary N) is 1. The number of esters is 2. The van der Waals surface area contributed by atoms with E-state index in [2.05, 4.69) is 111 Å². The number of allylic oxidation sites excluding steroid dienone is 16. The Bertz CT molecular complexity index is 1530. The zero-order valence-corrected chi connectivity index (χ0v) is 48.4. The highest BCUT2D eigenvalue weighted by molar-refractivity contribution is 7.47. The van der Waals surface area contributed by atoms with Crippen LogP contribution < -0.4 is 5.73 Å². The van der Waals surface area contributed by atoms with Gasteiger partial charge in [0.1, 0.15) is 6.61 Å². The predicted octanol–water partition coefficient (Wildman–Crippen LogP) is 19.2. The molecule has 0 aromatic heterocycles. The minimum Gasteiger partial charge on any atom is -0.462 e. The van der Waals surface area contributed by atoms with E-state index in [9.17, 15) is 19.0 Å². The number of phosphoric ester groups is 1. The molecule has 3 N–H and O–H groups in total. The summed E-state index contributed by atoms with van der Waals surface area (Å²) in [6, 6.07) is 0. The Kier molecular flexibility index (Phi) is 56.7. The second-order valence-corrected chi connectivity index (χ2v) is 21.3. The molecule has 0 aromatic rings. The summed E-state index contributed by atoms with van der Waals surface area (Å²) in [7, 11) is -4.39. The number of phosphoric acid groups is 1. The third-order valence-electron chi connectivity index (χ3n) is 12.7. The lowest BCUT2D eigenvalue weighted by Gasteiger charge is -2.19. The van der Waals surface area contributed by atoms with Gasteiger partial charge in [0.15, 0.2) is 6.10 Å². The molecule has 0 amide bonds. The fourth-order valence-corrected chi connectivity index (χ4v) is 9.02. The molecule has 0 spiro atoms. The highest BCUT2D eigenvalue weighted by Crippen LogP contribution is 2.43. The molecular weight excluding hydrogens is 942 g/mol. The summed E-state index contributed by atoms with van der Waals surface area (Å²) >= 11 is 0. The predicted molar refractivity (Wildman–Crippen MR) is 316 cm³/mol. The van der Waals surface area contributed by atoms with Crippen LogP contribution in [0.5, 0.6) is 0 Å². The Morgan fingerprint density at radius 3 is 1.11 bits per heavy atom. The third kappa shape index (κ3) is 58.2. The van der Waals surface area contributed by atoms with Gasteiger partial charge in [-0.25, -0.2) is 4.57 Å². The second-order valence-electron chi connectivity index (χ2n) is 19.8. The Morgan fingerprint density at radius 2 is 0.743 bits per heavy atom. The molecule has 0 saturated carbocycles. The number of rotatable bonds is 56. The minimum atomic E-state index is -4.39. The molecule has 0 rings (SSSR count). The van der Waals surface area contributed by atoms with Gasteiger partial charge in [-0.1, -0.05) is 252 Å². The number of ether oxygens (including phenoxy) is 2. The van der Waals surface area contributed by atoms with Crippen LogP contribution in [-0.2, 0) is 32.7 Å². The van der Waals surface area contributed by atoms with E-state index in [-0.39, 0.29) is 38.6 Å². The van der Waals surface area contributed by atoms with Gasteiger partial charge in [0, 0.05) is 19.4 Å². The van der Waals surface area contributed by atoms with E-state index in [4.69, 9.17) is 24.3 Å². The van der Waals surface area contributed by atoms with Gasteiger partial charge < -0.3 is 20.1 Å². The summed E-state index contributed by atoms with van der Waals surface area (Å²) in [6.07, 6.45) is 79.0. The van der Waals surface area contributed by atoms with Gasteiger partial charge in [0.05, 0.1) is 13.2 Å². The Labute approximate surface area is 455 Å². The summed E-state index contributed by atoms with van der Waals surface area (Å²) in [5.41, 5.74) is 5.38. The standard InChI is InChI=1S/C64H112NO8P/c1-3-5-7-9-11-13-15-17-19-21-23-24-25-26-27-28-29-30-31-32-33-34-35-36-37-38-39-41-43-45-47-49-51-53-55-57-64(67)73-62(61-72-74(68,69)71-59-58-65)60-70-63(66)56-54-52-50-48-46-44-42-40-22-20-18-16-14-12-10-8-6-4-2/h5,7,11,13-14,16-17,19-20,22-24,26-27,29-30,62H,3-4,6,8-10,12,15,18,21,25,28,31-61,65H2,1-2H3,(H,68,69)/b7-5-,13-11-,16-14-,19-17-,22-20-,24-23-,27-26-,30-29-. The molecule has 0 aliphatic heterocycles. The van der Waals surface area contributed by atoms with Gasteiger partial charge >= 0.3 is 19.8 Å². The molecule has 426 valence electrons. The maximum atomic E-state index is 12.7. The van der Waals surface area contributed by atoms with Crippen molar-refractivity contribution in [2.45, 2.75) is 270 Å². The molecule has 0 fully saturated rings. The SMILES string of the molecule is CC/C=C\C/C=C\C/C=C\C/C=C\C/C=C\C/C=C\CCCCCCCCCCCCCCCCCCC(=O)OC(COC(=O)CCCCCCCCC/C=C\C/C=C\CCCCCC)COP(=O)(O)OCCN. The van der Waals surface area contributed by atoms with Crippen LogP contribution >= 0.6 is 7.82 Å². The average Bonchev–Trinajstić information content (AvgIpc) is 3.39. The van der Waals surface area contributed by atoms with Crippen molar-refractivity contribution in [1.82, 2.24) is 0 Å². The molecule has 2 atom stereocenters. The molecule has 0 aliphatic rings. The van der Waals surface area contributed by atoms with Crippen LogP contribution in [0.2, 0.25) is 0 Å². The highest BCUT2D eigenvalue weighted by atomic mass is 31.2. The monoisotopic (exact) mass is 1050 g/mol. The highest BCUT2D eigenvalue weighted by Gasteiger charge is 2.26. The second kappa shape index (κ2) is 59.2. The van der Waals surface area contributed by atoms with Crippen LogP contribution in [-0.4, -0.2) is 49.3 Å². The van der Waals surface area contributed by atoms with Gasteiger partial charge in [-0.05, 0) is 96.3 Å². The topological polar surface area (TPSA) is 134 Å². The fraction of sp³-hybridized carbons (Fsp3) is 0.719. The largest absolute Gasteiger partial charge is 0.472 e. The Hall–Kier alpha value is -3.07. The maximum absolute atomic E-state index is 12.7. The molecule has 0 aliphatic carbocycles. The van der Waals surface area contributed by atoms with Gasteiger partial charge in [0.2, 0.25) is 0 Å². The molecule has 9 nitrogen and oxygen atoms in total. The van der Waals surface area contributed by atoms with E-state index in [0.29, 0.717) is 6.42 Å². The molecule has 0 heterocycles. The zero-order valence-electron chi connectivity index (χ0n) is 47.6. The molecule has 2 unspecified atom stereocenters. The fourth-order valence-electron chi connectivity index (χ4n) is 8.26. The maximum Gasteiger partial charge on any atom is 0.472 e. The Balaban J connectivity index is 3.92. The number of carbonyl (C=O) groups excluding carboxylic acids is 2. The molecular formula is C64H112NO8P. The summed E-state index contributed by atoms with van der Waals surface area (Å²) < 4.78 is 33.0. The van der Waals surface area contributed by atoms with Crippen LogP contribution in [0.1, 0.15) is 264 Å². The van der Waals surface area contributed by atoms with Crippen molar-refractivity contribution in [2.75, 3.05) is 26.4 Å². The van der Waals surface area contributed by atoms with Gasteiger partial charge in [0.25, 0.3) is 0 Å². The summed E-state index contributed by atoms with van der Waals surface area (Å²) in [4.78, 5) is 35.2. The molecule has 0 saturated heterocycles. The van der Waals surface area contributed by atoms with Crippen LogP contribution in [0.15, 0.2) is 97.2 Å². The zero-order chi connectivity index (χ0) is 53.8. The normalized spacial score (nSPS) is 13.7. The Morgan fingerprint density at radius 1 is 0.419 bits per heavy atom. The number of carbonyl (C=O) groups is 2. The lowest BCUT2D eigenvalue weighted by atomic mass is 10.0. The van der Waals surface area contributed by atoms with Crippen molar-refractivity contribution < 1.29 is 37.6 Å². The van der Waals surface area contributed by atoms with E-state index in [1.165, 1.54) is 135 Å². The minimum absolute atomic E-state index is 0.0495. The first-order chi connectivity index (χ1) is 36.3. The number of unbranched alkanes of at least 4 members (excludes halogenated alkanes) is 27. The van der Waals surface area contributed by atoms with Crippen LogP contribution in [0.25, 0.3) is 0 Å². The van der Waals surface area contributed by atoms with Crippen molar-refractivity contribution in [2.24, 2.45) is 5.73 Å². The first-order valence-electron chi connectivity index (χ1n) is 30.2. The summed E-state index contributed by atoms with van der Waals surface area (Å²) in [6.45, 7) is 3.62. The van der Waals surface area contributed by atoms with E-state index < -0.39 is 26.5 Å². The van der Waals surface area contributed by atoms with Crippen LogP contribution in [0.3, 0.4) is 0 Å². The quantitative estimate of drug-likeness (QED) is 0.0264. The lowest BCUT2D eigenvalue weighted by Crippen LogP contribution is -2.29. The van der Waals surface area contributed by atoms with E-state index >= 15 is 0 Å². The number of hydrogen-bond donors (Lipinski definition) is 2. The van der Waals surface area contributed by atoms with Crippen molar-refractivity contribution in [3.63, 3.8) is 0 Å². The first-order valence-corrected chi connectivity index (χ1v) is 31.7. The van der Waals surface area contributed by atoms with E-state index in [0.717, 1.165) is 96.3 Å². The van der Waals surface area contributed by atoms with Crippen molar-refractivity contribution in [3.8, 4) is 0 Å². The van der Waals surface area contributed by atoms with Crippen LogP contribution in [0.4, 0.5) is 0 Å². The van der Waals surface area contributed by atoms with E-state index in [1.54, 1.807) is 0 Å². The summed E-state index contributed by atoms with van der Waals surface area (Å²) in [5.74, 6) is -0.834. The van der Waals surface area contributed by atoms with Gasteiger partial charge in [-0.2, -0.15) is 0 Å². The first kappa shape index (κ1) is 70.9. The van der Waals surface area contributed by atoms with Crippen molar-refractivity contribution in [3.05, 3.63) is 97.2 Å². The third-order valence-corrected chi connectivity index (χ3v) is 13.7. The molecule has 0 aromatic carbocycles. The molecule has 0 bridgehead atoms. The average molecular weight is 1050 g/mol. The molecule has 0 radical (unpaired) electrons. The molecule has 10 heteroatoms. The van der Waals surface area contributed by atoms with Gasteiger partial charge in [-0.15, -0.1) is 0 Å². The van der Waals surface area contributed by atoms with E-state index in [1.807, 2.05) is 0 Å². The summed E-state index contributed by atoms with van der Waals surface area (Å²) in [5, 5.41) is 0. The number of hydrogen-bond acceptors (Lipinski definition) is 8. The van der Waals surface area contributed by atoms with Crippen molar-refractivity contribution in [1.29, 1.82) is 0 Å². The lowest BCUT2D eigenvalue weighted by molar-refractivity contribution is -0.161. The molecule has 74 heavy (non-hydrogen) atoms.